The second kappa shape index (κ2) is 7.28. The Bertz CT molecular complexity index is 624. The van der Waals surface area contributed by atoms with Crippen LogP contribution in [-0.2, 0) is 4.79 Å². The van der Waals surface area contributed by atoms with Crippen molar-refractivity contribution in [1.29, 1.82) is 0 Å². The lowest BCUT2D eigenvalue weighted by atomic mass is 10.1. The summed E-state index contributed by atoms with van der Waals surface area (Å²) < 4.78 is 37.6. The molecular weight excluding hydrogens is 311 g/mol. The molecule has 1 aromatic heterocycles. The van der Waals surface area contributed by atoms with Gasteiger partial charge >= 0.3 is 6.18 Å². The van der Waals surface area contributed by atoms with Crippen molar-refractivity contribution in [3.05, 3.63) is 48.3 Å². The Kier molecular flexibility index (Phi) is 5.38. The van der Waals surface area contributed by atoms with Gasteiger partial charge in [0.2, 0.25) is 5.91 Å². The largest absolute Gasteiger partial charge is 0.389 e. The molecule has 0 aliphatic carbocycles. The maximum absolute atomic E-state index is 12.0. The number of carbonyl (C=O) groups is 1. The molecule has 1 heterocycles. The maximum Gasteiger partial charge on any atom is 0.389 e. The van der Waals surface area contributed by atoms with Crippen molar-refractivity contribution in [2.24, 2.45) is 0 Å². The molecular formula is C15H16F3N3O2. The number of nitrogens with one attached hydrogen (secondary N) is 1. The number of alkyl halides is 3. The van der Waals surface area contributed by atoms with Gasteiger partial charge in [-0.15, -0.1) is 0 Å². The predicted octanol–water partition coefficient (Wildman–Crippen LogP) is 2.36. The van der Waals surface area contributed by atoms with E-state index in [-0.39, 0.29) is 6.54 Å². The van der Waals surface area contributed by atoms with Gasteiger partial charge in [0.05, 0.1) is 18.2 Å². The molecule has 5 nitrogen and oxygen atoms in total. The number of halogens is 3. The van der Waals surface area contributed by atoms with Crippen LogP contribution in [0.4, 0.5) is 13.2 Å². The van der Waals surface area contributed by atoms with Crippen LogP contribution in [0.25, 0.3) is 5.69 Å². The summed E-state index contributed by atoms with van der Waals surface area (Å²) in [6.07, 6.45) is -3.76. The van der Waals surface area contributed by atoms with Crippen molar-refractivity contribution >= 4 is 5.91 Å². The van der Waals surface area contributed by atoms with Crippen LogP contribution in [0.15, 0.2) is 42.7 Å². The number of carbonyl (C=O) groups excluding carboxylic acids is 1. The van der Waals surface area contributed by atoms with Crippen molar-refractivity contribution in [2.75, 3.05) is 6.54 Å². The lowest BCUT2D eigenvalue weighted by Crippen LogP contribution is -2.29. The molecule has 0 aliphatic rings. The van der Waals surface area contributed by atoms with E-state index in [9.17, 15) is 23.1 Å². The van der Waals surface area contributed by atoms with E-state index in [1.54, 1.807) is 47.4 Å². The third kappa shape index (κ3) is 5.41. The first-order valence-corrected chi connectivity index (χ1v) is 6.96. The van der Waals surface area contributed by atoms with Crippen LogP contribution in [0.5, 0.6) is 0 Å². The van der Waals surface area contributed by atoms with Gasteiger partial charge in [0, 0.05) is 25.4 Å². The fourth-order valence-electron chi connectivity index (χ4n) is 1.94. The molecule has 124 valence electrons. The number of benzene rings is 1. The van der Waals surface area contributed by atoms with Crippen LogP contribution in [0, 0.1) is 0 Å². The number of hydrogen-bond donors (Lipinski definition) is 2. The van der Waals surface area contributed by atoms with E-state index in [0.717, 1.165) is 5.69 Å². The first-order chi connectivity index (χ1) is 10.8. The van der Waals surface area contributed by atoms with Crippen LogP contribution in [0.1, 0.15) is 24.5 Å². The lowest BCUT2D eigenvalue weighted by Gasteiger charge is -2.13. The summed E-state index contributed by atoms with van der Waals surface area (Å²) in [5, 5.41) is 16.3. The molecule has 1 unspecified atom stereocenters. The van der Waals surface area contributed by atoms with E-state index in [1.807, 2.05) is 0 Å². The number of rotatable bonds is 6. The van der Waals surface area contributed by atoms with E-state index in [0.29, 0.717) is 5.56 Å². The van der Waals surface area contributed by atoms with Crippen LogP contribution in [0.2, 0.25) is 0 Å². The Morgan fingerprint density at radius 2 is 2.00 bits per heavy atom. The van der Waals surface area contributed by atoms with Gasteiger partial charge in [0.15, 0.2) is 0 Å². The monoisotopic (exact) mass is 327 g/mol. The average molecular weight is 327 g/mol. The molecule has 1 aromatic carbocycles. The summed E-state index contributed by atoms with van der Waals surface area (Å²) >= 11 is 0. The number of amides is 1. The van der Waals surface area contributed by atoms with Crippen molar-refractivity contribution in [2.45, 2.75) is 25.1 Å². The van der Waals surface area contributed by atoms with Gasteiger partial charge in [-0.25, -0.2) is 4.68 Å². The van der Waals surface area contributed by atoms with Crippen LogP contribution < -0.4 is 5.32 Å². The van der Waals surface area contributed by atoms with Gasteiger partial charge in [0.1, 0.15) is 0 Å². The number of aliphatic hydroxyl groups is 1. The fourth-order valence-corrected chi connectivity index (χ4v) is 1.94. The minimum Gasteiger partial charge on any atom is -0.387 e. The third-order valence-electron chi connectivity index (χ3n) is 3.17. The molecule has 2 aromatic rings. The van der Waals surface area contributed by atoms with Crippen LogP contribution >= 0.6 is 0 Å². The zero-order chi connectivity index (χ0) is 16.9. The van der Waals surface area contributed by atoms with Gasteiger partial charge < -0.3 is 10.4 Å². The predicted molar refractivity (Wildman–Crippen MR) is 76.8 cm³/mol. The Morgan fingerprint density at radius 1 is 1.30 bits per heavy atom. The molecule has 2 rings (SSSR count). The highest BCUT2D eigenvalue weighted by Crippen LogP contribution is 2.21. The molecule has 1 atom stereocenters. The van der Waals surface area contributed by atoms with Gasteiger partial charge in [-0.3, -0.25) is 4.79 Å². The van der Waals surface area contributed by atoms with Crippen molar-refractivity contribution in [1.82, 2.24) is 15.1 Å². The highest BCUT2D eigenvalue weighted by molar-refractivity contribution is 5.75. The Labute approximate surface area is 130 Å². The van der Waals surface area contributed by atoms with E-state index in [4.69, 9.17) is 0 Å². The topological polar surface area (TPSA) is 67.2 Å². The van der Waals surface area contributed by atoms with E-state index < -0.39 is 31.0 Å². The SMILES string of the molecule is O=C(CCC(F)(F)F)NCC(O)c1ccc(-n2cccn2)cc1. The molecule has 0 spiro atoms. The Morgan fingerprint density at radius 3 is 2.57 bits per heavy atom. The quantitative estimate of drug-likeness (QED) is 0.856. The fraction of sp³-hybridized carbons (Fsp3) is 0.333. The Hall–Kier alpha value is -2.35. The minimum absolute atomic E-state index is 0.141. The first-order valence-electron chi connectivity index (χ1n) is 6.96. The molecule has 23 heavy (non-hydrogen) atoms. The second-order valence-corrected chi connectivity index (χ2v) is 4.98. The van der Waals surface area contributed by atoms with E-state index in [1.165, 1.54) is 0 Å². The van der Waals surface area contributed by atoms with Crippen LogP contribution in [0.3, 0.4) is 0 Å². The minimum atomic E-state index is -4.36. The molecule has 8 heteroatoms. The van der Waals surface area contributed by atoms with E-state index in [2.05, 4.69) is 10.4 Å². The molecule has 1 amide bonds. The summed E-state index contributed by atoms with van der Waals surface area (Å²) in [5.74, 6) is -0.741. The van der Waals surface area contributed by atoms with Gasteiger partial charge in [-0.1, -0.05) is 12.1 Å². The normalized spacial score (nSPS) is 12.9. The number of hydrogen-bond acceptors (Lipinski definition) is 3. The molecule has 0 radical (unpaired) electrons. The van der Waals surface area contributed by atoms with Crippen LogP contribution in [-0.4, -0.2) is 33.5 Å². The molecule has 0 saturated heterocycles. The van der Waals surface area contributed by atoms with Crippen molar-refractivity contribution < 1.29 is 23.1 Å². The highest BCUT2D eigenvalue weighted by atomic mass is 19.4. The van der Waals surface area contributed by atoms with Crippen molar-refractivity contribution in [3.8, 4) is 5.69 Å². The summed E-state index contributed by atoms with van der Waals surface area (Å²) in [4.78, 5) is 11.3. The highest BCUT2D eigenvalue weighted by Gasteiger charge is 2.27. The standard InChI is InChI=1S/C15H16F3N3O2/c16-15(17,18)7-6-14(23)19-10-13(22)11-2-4-12(5-3-11)21-9-1-8-20-21/h1-5,8-9,13,22H,6-7,10H2,(H,19,23). The van der Waals surface area contributed by atoms with Gasteiger partial charge in [0.25, 0.3) is 0 Å². The summed E-state index contributed by atoms with van der Waals surface area (Å²) in [6.45, 7) is -0.141. The van der Waals surface area contributed by atoms with Crippen molar-refractivity contribution in [3.63, 3.8) is 0 Å². The molecule has 0 aliphatic heterocycles. The smallest absolute Gasteiger partial charge is 0.387 e. The number of nitrogens with zero attached hydrogens (tertiary/aromatic N) is 2. The summed E-state index contributed by atoms with van der Waals surface area (Å²) in [5.41, 5.74) is 1.36. The molecule has 0 bridgehead atoms. The molecule has 2 N–H and O–H groups in total. The lowest BCUT2D eigenvalue weighted by molar-refractivity contribution is -0.144. The summed E-state index contributed by atoms with van der Waals surface area (Å²) in [6, 6.07) is 8.61. The molecule has 0 saturated carbocycles. The number of aromatic nitrogens is 2. The second-order valence-electron chi connectivity index (χ2n) is 4.98. The average Bonchev–Trinajstić information content (AvgIpc) is 3.04. The molecule has 0 fully saturated rings. The number of aliphatic hydroxyl groups excluding tert-OH is 1. The summed E-state index contributed by atoms with van der Waals surface area (Å²) in [7, 11) is 0. The zero-order valence-corrected chi connectivity index (χ0v) is 12.1. The third-order valence-corrected chi connectivity index (χ3v) is 3.17. The first kappa shape index (κ1) is 17.0. The Balaban J connectivity index is 1.84. The zero-order valence-electron chi connectivity index (χ0n) is 12.1. The van der Waals surface area contributed by atoms with Gasteiger partial charge in [-0.05, 0) is 23.8 Å². The maximum atomic E-state index is 12.0. The van der Waals surface area contributed by atoms with E-state index >= 15 is 0 Å². The van der Waals surface area contributed by atoms with Gasteiger partial charge in [-0.2, -0.15) is 18.3 Å².